The fourth-order valence-electron chi connectivity index (χ4n) is 1.25. The average Bonchev–Trinajstić information content (AvgIpc) is 2.17. The second kappa shape index (κ2) is 4.82. The van der Waals surface area contributed by atoms with Gasteiger partial charge < -0.3 is 10.5 Å². The Morgan fingerprint density at radius 2 is 2.21 bits per heavy atom. The van der Waals surface area contributed by atoms with Gasteiger partial charge in [-0.2, -0.15) is 0 Å². The number of hydrogen-bond donors (Lipinski definition) is 1. The molecule has 0 atom stereocenters. The van der Waals surface area contributed by atoms with Crippen molar-refractivity contribution in [1.29, 1.82) is 0 Å². The third-order valence-electron chi connectivity index (χ3n) is 1.89. The van der Waals surface area contributed by atoms with Crippen molar-refractivity contribution in [2.75, 3.05) is 0 Å². The Bertz CT molecular complexity index is 318. The lowest BCUT2D eigenvalue weighted by Gasteiger charge is -2.13. The van der Waals surface area contributed by atoms with Gasteiger partial charge in [0.25, 0.3) is 0 Å². The largest absolute Gasteiger partial charge is 0.490 e. The molecule has 0 bridgehead atoms. The van der Waals surface area contributed by atoms with E-state index in [4.69, 9.17) is 10.5 Å². The van der Waals surface area contributed by atoms with Gasteiger partial charge in [0.2, 0.25) is 0 Å². The first-order chi connectivity index (χ1) is 6.67. The second-order valence-corrected chi connectivity index (χ2v) is 3.45. The van der Waals surface area contributed by atoms with Crippen LogP contribution in [0.2, 0.25) is 0 Å². The molecular formula is C12H17NO. The summed E-state index contributed by atoms with van der Waals surface area (Å²) in [5.74, 6) is 0.868. The van der Waals surface area contributed by atoms with E-state index < -0.39 is 0 Å². The molecule has 0 spiro atoms. The van der Waals surface area contributed by atoms with Gasteiger partial charge in [-0.3, -0.25) is 0 Å². The first-order valence-corrected chi connectivity index (χ1v) is 4.79. The number of rotatable bonds is 4. The fraction of sp³-hybridized carbons (Fsp3) is 0.333. The molecule has 0 saturated heterocycles. The van der Waals surface area contributed by atoms with E-state index in [1.807, 2.05) is 32.0 Å². The standard InChI is InChI=1S/C12H17NO/c1-4-11-7-10(8-13)5-6-12(11)14-9(2)3/h4-7,9H,1,8,13H2,2-3H3. The van der Waals surface area contributed by atoms with Crippen molar-refractivity contribution in [1.82, 2.24) is 0 Å². The van der Waals surface area contributed by atoms with Gasteiger partial charge in [-0.05, 0) is 31.5 Å². The lowest BCUT2D eigenvalue weighted by Crippen LogP contribution is -2.07. The van der Waals surface area contributed by atoms with Crippen molar-refractivity contribution in [3.8, 4) is 5.75 Å². The van der Waals surface area contributed by atoms with Crippen LogP contribution in [-0.4, -0.2) is 6.10 Å². The molecule has 0 radical (unpaired) electrons. The Morgan fingerprint density at radius 1 is 1.50 bits per heavy atom. The molecule has 0 fully saturated rings. The fourth-order valence-corrected chi connectivity index (χ4v) is 1.25. The zero-order valence-electron chi connectivity index (χ0n) is 8.79. The Balaban J connectivity index is 2.99. The van der Waals surface area contributed by atoms with Crippen LogP contribution in [0, 0.1) is 0 Å². The predicted octanol–water partition coefficient (Wildman–Crippen LogP) is 2.58. The lowest BCUT2D eigenvalue weighted by atomic mass is 10.1. The molecule has 2 N–H and O–H groups in total. The third kappa shape index (κ3) is 2.60. The van der Waals surface area contributed by atoms with Gasteiger partial charge in [0.1, 0.15) is 5.75 Å². The lowest BCUT2D eigenvalue weighted by molar-refractivity contribution is 0.242. The molecule has 1 aromatic rings. The maximum atomic E-state index is 5.62. The molecule has 0 aromatic heterocycles. The number of hydrogen-bond acceptors (Lipinski definition) is 2. The Kier molecular flexibility index (Phi) is 3.72. The van der Waals surface area contributed by atoms with Crippen LogP contribution in [0.3, 0.4) is 0 Å². The van der Waals surface area contributed by atoms with Gasteiger partial charge >= 0.3 is 0 Å². The number of benzene rings is 1. The summed E-state index contributed by atoms with van der Waals surface area (Å²) >= 11 is 0. The van der Waals surface area contributed by atoms with Crippen LogP contribution in [0.1, 0.15) is 25.0 Å². The van der Waals surface area contributed by atoms with E-state index in [-0.39, 0.29) is 6.10 Å². The van der Waals surface area contributed by atoms with E-state index in [9.17, 15) is 0 Å². The third-order valence-corrected chi connectivity index (χ3v) is 1.89. The van der Waals surface area contributed by atoms with Crippen LogP contribution in [0.25, 0.3) is 6.08 Å². The van der Waals surface area contributed by atoms with Gasteiger partial charge in [-0.25, -0.2) is 0 Å². The molecular weight excluding hydrogens is 174 g/mol. The molecule has 0 heterocycles. The van der Waals surface area contributed by atoms with Gasteiger partial charge in [0.05, 0.1) is 6.10 Å². The van der Waals surface area contributed by atoms with Crippen molar-refractivity contribution in [2.45, 2.75) is 26.5 Å². The Labute approximate surface area is 85.4 Å². The SMILES string of the molecule is C=Cc1cc(CN)ccc1OC(C)C. The minimum Gasteiger partial charge on any atom is -0.490 e. The van der Waals surface area contributed by atoms with Gasteiger partial charge in [0, 0.05) is 12.1 Å². The highest BCUT2D eigenvalue weighted by molar-refractivity contribution is 5.56. The number of ether oxygens (including phenoxy) is 1. The zero-order chi connectivity index (χ0) is 10.6. The van der Waals surface area contributed by atoms with Crippen molar-refractivity contribution < 1.29 is 4.74 Å². The van der Waals surface area contributed by atoms with Gasteiger partial charge in [-0.15, -0.1) is 0 Å². The highest BCUT2D eigenvalue weighted by Crippen LogP contribution is 2.22. The van der Waals surface area contributed by atoms with Crippen LogP contribution in [0.5, 0.6) is 5.75 Å². The van der Waals surface area contributed by atoms with E-state index in [1.165, 1.54) is 0 Å². The summed E-state index contributed by atoms with van der Waals surface area (Å²) in [6, 6.07) is 5.93. The van der Waals surface area contributed by atoms with Crippen molar-refractivity contribution in [3.63, 3.8) is 0 Å². The van der Waals surface area contributed by atoms with Crippen LogP contribution in [0.15, 0.2) is 24.8 Å². The normalized spacial score (nSPS) is 10.3. The van der Waals surface area contributed by atoms with E-state index in [1.54, 1.807) is 6.08 Å². The summed E-state index contributed by atoms with van der Waals surface area (Å²) in [6.45, 7) is 8.31. The summed E-state index contributed by atoms with van der Waals surface area (Å²) < 4.78 is 5.62. The quantitative estimate of drug-likeness (QED) is 0.793. The topological polar surface area (TPSA) is 35.2 Å². The van der Waals surface area contributed by atoms with Gasteiger partial charge in [0.15, 0.2) is 0 Å². The molecule has 0 saturated carbocycles. The van der Waals surface area contributed by atoms with E-state index >= 15 is 0 Å². The van der Waals surface area contributed by atoms with E-state index in [0.717, 1.165) is 16.9 Å². The minimum atomic E-state index is 0.178. The highest BCUT2D eigenvalue weighted by Gasteiger charge is 2.03. The smallest absolute Gasteiger partial charge is 0.126 e. The maximum absolute atomic E-state index is 5.62. The molecule has 1 aromatic carbocycles. The van der Waals surface area contributed by atoms with Gasteiger partial charge in [-0.1, -0.05) is 18.7 Å². The summed E-state index contributed by atoms with van der Waals surface area (Å²) in [6.07, 6.45) is 1.97. The average molecular weight is 191 g/mol. The molecule has 0 unspecified atom stereocenters. The summed E-state index contributed by atoms with van der Waals surface area (Å²) in [5, 5.41) is 0. The Hall–Kier alpha value is -1.28. The highest BCUT2D eigenvalue weighted by atomic mass is 16.5. The van der Waals surface area contributed by atoms with E-state index in [0.29, 0.717) is 6.54 Å². The monoisotopic (exact) mass is 191 g/mol. The minimum absolute atomic E-state index is 0.178. The molecule has 14 heavy (non-hydrogen) atoms. The molecule has 2 heteroatoms. The molecule has 76 valence electrons. The number of nitrogens with two attached hydrogens (primary N) is 1. The summed E-state index contributed by atoms with van der Waals surface area (Å²) in [4.78, 5) is 0. The van der Waals surface area contributed by atoms with Crippen LogP contribution < -0.4 is 10.5 Å². The first-order valence-electron chi connectivity index (χ1n) is 4.79. The van der Waals surface area contributed by atoms with Crippen molar-refractivity contribution in [3.05, 3.63) is 35.9 Å². The molecule has 0 aliphatic rings. The molecule has 1 rings (SSSR count). The molecule has 0 aliphatic heterocycles. The van der Waals surface area contributed by atoms with Crippen LogP contribution >= 0.6 is 0 Å². The molecule has 2 nitrogen and oxygen atoms in total. The molecule has 0 amide bonds. The predicted molar refractivity (Wildman–Crippen MR) is 60.2 cm³/mol. The second-order valence-electron chi connectivity index (χ2n) is 3.45. The van der Waals surface area contributed by atoms with Crippen LogP contribution in [0.4, 0.5) is 0 Å². The molecule has 0 aliphatic carbocycles. The van der Waals surface area contributed by atoms with Crippen molar-refractivity contribution >= 4 is 6.08 Å². The Morgan fingerprint density at radius 3 is 2.71 bits per heavy atom. The van der Waals surface area contributed by atoms with Crippen LogP contribution in [-0.2, 0) is 6.54 Å². The zero-order valence-corrected chi connectivity index (χ0v) is 8.79. The van der Waals surface area contributed by atoms with Crippen molar-refractivity contribution in [2.24, 2.45) is 5.73 Å². The maximum Gasteiger partial charge on any atom is 0.126 e. The first kappa shape index (κ1) is 10.8. The van der Waals surface area contributed by atoms with E-state index in [2.05, 4.69) is 6.58 Å². The summed E-state index contributed by atoms with van der Waals surface area (Å²) in [7, 11) is 0. The summed E-state index contributed by atoms with van der Waals surface area (Å²) in [5.41, 5.74) is 7.64.